The molecule has 4 heteroatoms. The standard InChI is InChI=1S/C20H23NO2S/c1-14-7-9-18(10-8-14)24(22,23)21-13-17-6-4-5-16-11-15(2)12-20(21,3)19(16)17/h7-13,19H,4-6H2,1-3H3/t19-,20-/m0/s1. The van der Waals surface area contributed by atoms with Gasteiger partial charge in [-0.2, -0.15) is 0 Å². The highest BCUT2D eigenvalue weighted by Crippen LogP contribution is 2.53. The van der Waals surface area contributed by atoms with Crippen molar-refractivity contribution >= 4 is 10.0 Å². The molecule has 0 aromatic heterocycles. The Morgan fingerprint density at radius 2 is 1.75 bits per heavy atom. The van der Waals surface area contributed by atoms with Crippen LogP contribution in [0.4, 0.5) is 0 Å². The van der Waals surface area contributed by atoms with Gasteiger partial charge < -0.3 is 0 Å². The predicted octanol–water partition coefficient (Wildman–Crippen LogP) is 4.33. The SMILES string of the molecule is CC1=C[C@@]2(C)[C@H]3C(=C1)CCCC3=CN2S(=O)(=O)c1ccc(C)cc1. The molecule has 1 aromatic rings. The van der Waals surface area contributed by atoms with E-state index in [2.05, 4.69) is 26.0 Å². The maximum absolute atomic E-state index is 13.3. The van der Waals surface area contributed by atoms with Gasteiger partial charge in [0.15, 0.2) is 0 Å². The zero-order valence-electron chi connectivity index (χ0n) is 14.4. The fourth-order valence-corrected chi connectivity index (χ4v) is 6.24. The maximum Gasteiger partial charge on any atom is 0.264 e. The number of allylic oxidation sites excluding steroid dienone is 2. The third-order valence-electron chi connectivity index (χ3n) is 5.53. The Balaban J connectivity index is 1.85. The molecule has 1 heterocycles. The van der Waals surface area contributed by atoms with Crippen molar-refractivity contribution in [2.75, 3.05) is 0 Å². The first kappa shape index (κ1) is 15.7. The van der Waals surface area contributed by atoms with E-state index in [0.717, 1.165) is 30.4 Å². The van der Waals surface area contributed by atoms with E-state index in [1.807, 2.05) is 25.3 Å². The molecule has 1 saturated carbocycles. The van der Waals surface area contributed by atoms with E-state index in [4.69, 9.17) is 0 Å². The summed E-state index contributed by atoms with van der Waals surface area (Å²) in [6, 6.07) is 7.15. The first-order valence-corrected chi connectivity index (χ1v) is 9.98. The first-order valence-electron chi connectivity index (χ1n) is 8.54. The van der Waals surface area contributed by atoms with Gasteiger partial charge in [0.05, 0.1) is 10.4 Å². The Morgan fingerprint density at radius 1 is 1.08 bits per heavy atom. The summed E-state index contributed by atoms with van der Waals surface area (Å²) in [6.45, 7) is 6.10. The van der Waals surface area contributed by atoms with Crippen molar-refractivity contribution in [3.63, 3.8) is 0 Å². The van der Waals surface area contributed by atoms with Crippen molar-refractivity contribution in [2.45, 2.75) is 50.5 Å². The van der Waals surface area contributed by atoms with Crippen LogP contribution < -0.4 is 0 Å². The Morgan fingerprint density at radius 3 is 2.46 bits per heavy atom. The van der Waals surface area contributed by atoms with E-state index in [9.17, 15) is 8.42 Å². The Kier molecular flexibility index (Phi) is 3.33. The van der Waals surface area contributed by atoms with Gasteiger partial charge in [-0.1, -0.05) is 41.0 Å². The van der Waals surface area contributed by atoms with Gasteiger partial charge in [-0.15, -0.1) is 0 Å². The lowest BCUT2D eigenvalue weighted by Crippen LogP contribution is -2.48. The van der Waals surface area contributed by atoms with Crippen LogP contribution >= 0.6 is 0 Å². The number of hydrogen-bond acceptors (Lipinski definition) is 2. The van der Waals surface area contributed by atoms with E-state index < -0.39 is 15.6 Å². The minimum atomic E-state index is -3.56. The highest BCUT2D eigenvalue weighted by atomic mass is 32.2. The molecule has 2 atom stereocenters. The van der Waals surface area contributed by atoms with Crippen LogP contribution in [0, 0.1) is 12.8 Å². The summed E-state index contributed by atoms with van der Waals surface area (Å²) >= 11 is 0. The molecule has 1 aromatic carbocycles. The second-order valence-corrected chi connectivity index (χ2v) is 9.25. The van der Waals surface area contributed by atoms with E-state index in [-0.39, 0.29) is 5.92 Å². The molecule has 0 N–H and O–H groups in total. The number of aryl methyl sites for hydroxylation is 1. The van der Waals surface area contributed by atoms with Crippen LogP contribution in [0.3, 0.4) is 0 Å². The van der Waals surface area contributed by atoms with Crippen LogP contribution in [-0.2, 0) is 10.0 Å². The maximum atomic E-state index is 13.3. The smallest absolute Gasteiger partial charge is 0.263 e. The molecule has 3 aliphatic rings. The minimum Gasteiger partial charge on any atom is -0.263 e. The zero-order valence-corrected chi connectivity index (χ0v) is 15.2. The molecule has 0 amide bonds. The fraction of sp³-hybridized carbons (Fsp3) is 0.400. The van der Waals surface area contributed by atoms with Crippen molar-refractivity contribution in [1.82, 2.24) is 4.31 Å². The topological polar surface area (TPSA) is 37.4 Å². The number of rotatable bonds is 2. The fourth-order valence-electron chi connectivity index (χ4n) is 4.58. The number of sulfonamides is 1. The highest BCUT2D eigenvalue weighted by molar-refractivity contribution is 7.89. The molecule has 126 valence electrons. The Labute approximate surface area is 144 Å². The van der Waals surface area contributed by atoms with Gasteiger partial charge in [-0.25, -0.2) is 8.42 Å². The van der Waals surface area contributed by atoms with Crippen LogP contribution in [0.25, 0.3) is 0 Å². The molecule has 1 fully saturated rings. The molecule has 2 aliphatic carbocycles. The normalized spacial score (nSPS) is 28.9. The third-order valence-corrected chi connectivity index (χ3v) is 7.41. The van der Waals surface area contributed by atoms with Crippen LogP contribution in [0.2, 0.25) is 0 Å². The summed E-state index contributed by atoms with van der Waals surface area (Å²) in [5.74, 6) is 0.204. The summed E-state index contributed by atoms with van der Waals surface area (Å²) in [5, 5.41) is 0. The number of nitrogens with zero attached hydrogens (tertiary/aromatic N) is 1. The molecule has 0 spiro atoms. The van der Waals surface area contributed by atoms with E-state index in [0.29, 0.717) is 4.90 Å². The average molecular weight is 341 g/mol. The molecule has 24 heavy (non-hydrogen) atoms. The van der Waals surface area contributed by atoms with Crippen LogP contribution in [0.15, 0.2) is 64.2 Å². The van der Waals surface area contributed by atoms with E-state index in [1.165, 1.54) is 11.1 Å². The average Bonchev–Trinajstić information content (AvgIpc) is 2.82. The van der Waals surface area contributed by atoms with Crippen LogP contribution in [0.1, 0.15) is 38.7 Å². The summed E-state index contributed by atoms with van der Waals surface area (Å²) < 4.78 is 28.3. The summed E-state index contributed by atoms with van der Waals surface area (Å²) in [5.41, 5.74) is 4.34. The van der Waals surface area contributed by atoms with Crippen molar-refractivity contribution < 1.29 is 8.42 Å². The second-order valence-electron chi connectivity index (χ2n) is 7.44. The lowest BCUT2D eigenvalue weighted by Gasteiger charge is -2.43. The molecular weight excluding hydrogens is 318 g/mol. The van der Waals surface area contributed by atoms with Gasteiger partial charge in [0, 0.05) is 12.1 Å². The van der Waals surface area contributed by atoms with Gasteiger partial charge in [0.1, 0.15) is 0 Å². The molecule has 0 saturated heterocycles. The molecule has 0 unspecified atom stereocenters. The summed E-state index contributed by atoms with van der Waals surface area (Å²) in [7, 11) is -3.56. The number of benzene rings is 1. The largest absolute Gasteiger partial charge is 0.264 e. The lowest BCUT2D eigenvalue weighted by atomic mass is 9.68. The van der Waals surface area contributed by atoms with E-state index in [1.54, 1.807) is 16.4 Å². The quantitative estimate of drug-likeness (QED) is 0.803. The van der Waals surface area contributed by atoms with Gasteiger partial charge in [-0.05, 0) is 57.7 Å². The lowest BCUT2D eigenvalue weighted by molar-refractivity contribution is 0.290. The summed E-state index contributed by atoms with van der Waals surface area (Å²) in [6.07, 6.45) is 9.45. The van der Waals surface area contributed by atoms with Crippen molar-refractivity contribution in [2.24, 2.45) is 5.92 Å². The molecule has 3 nitrogen and oxygen atoms in total. The molecular formula is C20H23NO2S. The third kappa shape index (κ3) is 2.12. The Hall–Kier alpha value is -1.81. The summed E-state index contributed by atoms with van der Waals surface area (Å²) in [4.78, 5) is 0.368. The predicted molar refractivity (Wildman–Crippen MR) is 95.9 cm³/mol. The molecule has 1 aliphatic heterocycles. The van der Waals surface area contributed by atoms with Gasteiger partial charge in [-0.3, -0.25) is 4.31 Å². The first-order chi connectivity index (χ1) is 11.3. The zero-order chi connectivity index (χ0) is 17.1. The highest BCUT2D eigenvalue weighted by Gasteiger charge is 2.52. The number of hydrogen-bond donors (Lipinski definition) is 0. The molecule has 0 bridgehead atoms. The van der Waals surface area contributed by atoms with Crippen molar-refractivity contribution in [3.8, 4) is 0 Å². The van der Waals surface area contributed by atoms with Crippen molar-refractivity contribution in [3.05, 3.63) is 64.9 Å². The molecule has 4 rings (SSSR count). The van der Waals surface area contributed by atoms with Gasteiger partial charge in [0.25, 0.3) is 10.0 Å². The van der Waals surface area contributed by atoms with Gasteiger partial charge in [0.2, 0.25) is 0 Å². The Bertz CT molecular complexity index is 890. The van der Waals surface area contributed by atoms with E-state index >= 15 is 0 Å². The van der Waals surface area contributed by atoms with Crippen LogP contribution in [0.5, 0.6) is 0 Å². The van der Waals surface area contributed by atoms with Crippen molar-refractivity contribution in [1.29, 1.82) is 0 Å². The van der Waals surface area contributed by atoms with Crippen LogP contribution in [-0.4, -0.2) is 18.3 Å². The molecule has 0 radical (unpaired) electrons. The van der Waals surface area contributed by atoms with Gasteiger partial charge >= 0.3 is 0 Å². The second kappa shape index (κ2) is 5.09. The minimum absolute atomic E-state index is 0.204. The monoisotopic (exact) mass is 341 g/mol.